The number of H-pyrrole nitrogens is 1. The van der Waals surface area contributed by atoms with E-state index in [4.69, 9.17) is 9.72 Å². The molecule has 2 aromatic carbocycles. The molecule has 0 saturated carbocycles. The van der Waals surface area contributed by atoms with Crippen molar-refractivity contribution in [2.24, 2.45) is 0 Å². The number of nitrogens with one attached hydrogen (secondary N) is 1. The Hall–Kier alpha value is -2.73. The van der Waals surface area contributed by atoms with Gasteiger partial charge in [-0.15, -0.1) is 0 Å². The molecule has 0 atom stereocenters. The Morgan fingerprint density at radius 2 is 1.89 bits per heavy atom. The van der Waals surface area contributed by atoms with Gasteiger partial charge in [-0.25, -0.2) is 4.98 Å². The van der Waals surface area contributed by atoms with Crippen LogP contribution in [0.15, 0.2) is 58.5 Å². The lowest BCUT2D eigenvalue weighted by Gasteiger charge is -2.12. The highest BCUT2D eigenvalue weighted by Crippen LogP contribution is 2.27. The van der Waals surface area contributed by atoms with Crippen molar-refractivity contribution in [3.63, 3.8) is 0 Å². The number of nitrogens with zero attached hydrogens (tertiary/aromatic N) is 2. The van der Waals surface area contributed by atoms with Gasteiger partial charge in [0.2, 0.25) is 0 Å². The Balaban J connectivity index is 1.91. The van der Waals surface area contributed by atoms with Gasteiger partial charge < -0.3 is 9.72 Å². The molecule has 28 heavy (non-hydrogen) atoms. The first-order valence-electron chi connectivity index (χ1n) is 9.62. The maximum atomic E-state index is 13.4. The first-order chi connectivity index (χ1) is 13.7. The number of hydrogen-bond donors (Lipinski definition) is 1. The molecule has 0 saturated heterocycles. The van der Waals surface area contributed by atoms with Crippen LogP contribution in [-0.4, -0.2) is 26.9 Å². The average Bonchev–Trinajstić information content (AvgIpc) is 3.09. The first-order valence-corrected chi connectivity index (χ1v) is 10.6. The quantitative estimate of drug-likeness (QED) is 0.268. The molecule has 2 aromatic heterocycles. The van der Waals surface area contributed by atoms with Gasteiger partial charge in [0.15, 0.2) is 5.16 Å². The van der Waals surface area contributed by atoms with Crippen molar-refractivity contribution in [3.05, 3.63) is 58.9 Å². The van der Waals surface area contributed by atoms with Gasteiger partial charge in [-0.2, -0.15) is 0 Å². The van der Waals surface area contributed by atoms with Gasteiger partial charge in [0.1, 0.15) is 16.8 Å². The van der Waals surface area contributed by atoms with Gasteiger partial charge in [-0.1, -0.05) is 43.3 Å². The molecule has 0 spiro atoms. The van der Waals surface area contributed by atoms with Gasteiger partial charge in [0.25, 0.3) is 5.56 Å². The van der Waals surface area contributed by atoms with Crippen LogP contribution in [0.2, 0.25) is 0 Å². The summed E-state index contributed by atoms with van der Waals surface area (Å²) in [7, 11) is 0. The van der Waals surface area contributed by atoms with E-state index >= 15 is 0 Å². The van der Waals surface area contributed by atoms with Crippen LogP contribution in [0.4, 0.5) is 0 Å². The van der Waals surface area contributed by atoms with Crippen molar-refractivity contribution in [1.29, 1.82) is 0 Å². The standard InChI is InChI=1S/C22H23N3O2S/c1-3-5-14-28-22-24-19-17-8-6-7-9-18(17)23-20(19)21(26)25(22)15-10-12-16(13-11-15)27-4-2/h6-13,23H,3-5,14H2,1-2H3. The summed E-state index contributed by atoms with van der Waals surface area (Å²) < 4.78 is 7.23. The predicted molar refractivity (Wildman–Crippen MR) is 116 cm³/mol. The topological polar surface area (TPSA) is 59.9 Å². The highest BCUT2D eigenvalue weighted by atomic mass is 32.2. The molecule has 0 radical (unpaired) electrons. The summed E-state index contributed by atoms with van der Waals surface area (Å²) in [6.07, 6.45) is 2.19. The summed E-state index contributed by atoms with van der Waals surface area (Å²) in [6, 6.07) is 15.5. The van der Waals surface area contributed by atoms with Gasteiger partial charge in [0, 0.05) is 16.7 Å². The highest BCUT2D eigenvalue weighted by molar-refractivity contribution is 7.99. The number of rotatable bonds is 7. The lowest BCUT2D eigenvalue weighted by atomic mass is 10.2. The number of ether oxygens (including phenoxy) is 1. The van der Waals surface area contributed by atoms with Crippen LogP contribution in [0.3, 0.4) is 0 Å². The lowest BCUT2D eigenvalue weighted by Crippen LogP contribution is -2.21. The molecular weight excluding hydrogens is 370 g/mol. The summed E-state index contributed by atoms with van der Waals surface area (Å²) in [4.78, 5) is 21.6. The van der Waals surface area contributed by atoms with Crippen LogP contribution in [0.25, 0.3) is 27.6 Å². The largest absolute Gasteiger partial charge is 0.494 e. The first kappa shape index (κ1) is 18.6. The smallest absolute Gasteiger partial charge is 0.283 e. The summed E-state index contributed by atoms with van der Waals surface area (Å²) in [5, 5.41) is 1.70. The van der Waals surface area contributed by atoms with Crippen molar-refractivity contribution < 1.29 is 4.74 Å². The third-order valence-corrected chi connectivity index (χ3v) is 5.65. The van der Waals surface area contributed by atoms with E-state index in [0.717, 1.165) is 51.6 Å². The molecule has 5 nitrogen and oxygen atoms in total. The second kappa shape index (κ2) is 8.10. The Morgan fingerprint density at radius 3 is 2.64 bits per heavy atom. The summed E-state index contributed by atoms with van der Waals surface area (Å²) in [5.41, 5.74) is 2.91. The fourth-order valence-corrected chi connectivity index (χ4v) is 4.32. The molecule has 6 heteroatoms. The molecule has 0 aliphatic heterocycles. The molecule has 0 bridgehead atoms. The summed E-state index contributed by atoms with van der Waals surface area (Å²) >= 11 is 1.63. The summed E-state index contributed by atoms with van der Waals surface area (Å²) in [6.45, 7) is 4.73. The van der Waals surface area contributed by atoms with Crippen LogP contribution in [0.1, 0.15) is 26.7 Å². The second-order valence-corrected chi connectivity index (χ2v) is 7.62. The number of hydrogen-bond acceptors (Lipinski definition) is 4. The normalized spacial score (nSPS) is 11.4. The van der Waals surface area contributed by atoms with Crippen molar-refractivity contribution in [3.8, 4) is 11.4 Å². The number of fused-ring (bicyclic) bond motifs is 3. The molecule has 0 aliphatic carbocycles. The van der Waals surface area contributed by atoms with E-state index in [1.165, 1.54) is 0 Å². The molecule has 144 valence electrons. The predicted octanol–water partition coefficient (Wildman–Crippen LogP) is 5.16. The van der Waals surface area contributed by atoms with E-state index in [-0.39, 0.29) is 5.56 Å². The maximum absolute atomic E-state index is 13.4. The zero-order valence-corrected chi connectivity index (χ0v) is 16.9. The number of aromatic amines is 1. The highest BCUT2D eigenvalue weighted by Gasteiger charge is 2.17. The van der Waals surface area contributed by atoms with Crippen molar-refractivity contribution in [2.45, 2.75) is 31.8 Å². The Labute approximate surface area is 167 Å². The lowest BCUT2D eigenvalue weighted by molar-refractivity contribution is 0.340. The molecular formula is C22H23N3O2S. The molecule has 0 aliphatic rings. The monoisotopic (exact) mass is 393 g/mol. The van der Waals surface area contributed by atoms with E-state index in [9.17, 15) is 4.79 Å². The number of para-hydroxylation sites is 1. The number of aromatic nitrogens is 3. The van der Waals surface area contributed by atoms with E-state index in [0.29, 0.717) is 12.1 Å². The van der Waals surface area contributed by atoms with E-state index in [1.807, 2.05) is 55.5 Å². The molecule has 0 amide bonds. The van der Waals surface area contributed by atoms with Crippen LogP contribution < -0.4 is 10.3 Å². The molecule has 0 fully saturated rings. The third-order valence-electron chi connectivity index (χ3n) is 4.63. The Bertz CT molecular complexity index is 1160. The van der Waals surface area contributed by atoms with E-state index in [2.05, 4.69) is 11.9 Å². The van der Waals surface area contributed by atoms with Gasteiger partial charge in [-0.05, 0) is 43.7 Å². The van der Waals surface area contributed by atoms with Crippen LogP contribution >= 0.6 is 11.8 Å². The number of unbranched alkanes of at least 4 members (excludes halogenated alkanes) is 1. The average molecular weight is 394 g/mol. The fourth-order valence-electron chi connectivity index (χ4n) is 3.23. The maximum Gasteiger partial charge on any atom is 0.283 e. The molecule has 4 aromatic rings. The molecule has 2 heterocycles. The van der Waals surface area contributed by atoms with Crippen molar-refractivity contribution in [2.75, 3.05) is 12.4 Å². The van der Waals surface area contributed by atoms with Gasteiger partial charge in [0.05, 0.1) is 12.3 Å². The van der Waals surface area contributed by atoms with Crippen LogP contribution in [-0.2, 0) is 0 Å². The second-order valence-electron chi connectivity index (χ2n) is 6.56. The minimum atomic E-state index is -0.0793. The SMILES string of the molecule is CCCCSc1nc2c([nH]c3ccccc32)c(=O)n1-c1ccc(OCC)cc1. The minimum absolute atomic E-state index is 0.0793. The van der Waals surface area contributed by atoms with E-state index in [1.54, 1.807) is 16.3 Å². The van der Waals surface area contributed by atoms with Crippen molar-refractivity contribution in [1.82, 2.24) is 14.5 Å². The molecule has 0 unspecified atom stereocenters. The number of thioether (sulfide) groups is 1. The van der Waals surface area contributed by atoms with Gasteiger partial charge in [-0.3, -0.25) is 9.36 Å². The zero-order chi connectivity index (χ0) is 19.5. The minimum Gasteiger partial charge on any atom is -0.494 e. The van der Waals surface area contributed by atoms with Crippen LogP contribution in [0, 0.1) is 0 Å². The Kier molecular flexibility index (Phi) is 5.39. The Morgan fingerprint density at radius 1 is 1.11 bits per heavy atom. The van der Waals surface area contributed by atoms with Crippen molar-refractivity contribution >= 4 is 33.7 Å². The third kappa shape index (κ3) is 3.40. The fraction of sp³-hybridized carbons (Fsp3) is 0.273. The summed E-state index contributed by atoms with van der Waals surface area (Å²) in [5.74, 6) is 1.72. The zero-order valence-electron chi connectivity index (χ0n) is 16.1. The molecule has 1 N–H and O–H groups in total. The molecule has 4 rings (SSSR count). The van der Waals surface area contributed by atoms with Gasteiger partial charge >= 0.3 is 0 Å². The van der Waals surface area contributed by atoms with Crippen LogP contribution in [0.5, 0.6) is 5.75 Å². The number of benzene rings is 2. The van der Waals surface area contributed by atoms with E-state index < -0.39 is 0 Å².